The van der Waals surface area contributed by atoms with Crippen LogP contribution in [0.4, 0.5) is 0 Å². The summed E-state index contributed by atoms with van der Waals surface area (Å²) in [4.78, 5) is 137. The summed E-state index contributed by atoms with van der Waals surface area (Å²) in [5.74, 6) is 0. The maximum Gasteiger partial charge on any atom is 2.00 e. The van der Waals surface area contributed by atoms with E-state index in [2.05, 4.69) is 0 Å². The Labute approximate surface area is 403 Å². The van der Waals surface area contributed by atoms with E-state index in [1.165, 1.54) is 0 Å². The largest absolute Gasteiger partial charge is 2.00 e. The van der Waals surface area contributed by atoms with Crippen molar-refractivity contribution in [2.24, 2.45) is 0 Å². The monoisotopic (exact) mass is 688 g/mol. The Hall–Kier alpha value is 10.3. The summed E-state index contributed by atoms with van der Waals surface area (Å²) in [5.41, 5.74) is 0. The summed E-state index contributed by atoms with van der Waals surface area (Å²) in [7, 11) is -22.4. The van der Waals surface area contributed by atoms with Gasteiger partial charge in [0.1, 0.15) is 0 Å². The Morgan fingerprint density at radius 2 is 0.179 bits per heavy atom. The zero-order valence-corrected chi connectivity index (χ0v) is 35.9. The molecule has 0 heterocycles. The maximum atomic E-state index is 8.58. The van der Waals surface area contributed by atoms with Crippen LogP contribution in [0.15, 0.2) is 0 Å². The summed E-state index contributed by atoms with van der Waals surface area (Å²) < 4.78 is 0. The van der Waals surface area contributed by atoms with Crippen molar-refractivity contribution in [3.8, 4) is 0 Å². The molecule has 0 saturated carbocycles. The van der Waals surface area contributed by atoms with Gasteiger partial charge in [0.05, 0.1) is 0 Å². The van der Waals surface area contributed by atoms with E-state index >= 15 is 0 Å². The number of hydrogen-bond acceptors (Lipinski definition) is 16. The van der Waals surface area contributed by atoms with Crippen LogP contribution < -0.4 is 76.7 Å². The van der Waals surface area contributed by atoms with Gasteiger partial charge in [-0.2, -0.15) is 0 Å². The van der Waals surface area contributed by atoms with Crippen LogP contribution >= 0.6 is 0 Å². The van der Waals surface area contributed by atoms with Crippen LogP contribution in [-0.2, 0) is 0 Å². The minimum absolute atomic E-state index is 0. The van der Waals surface area contributed by atoms with Gasteiger partial charge in [-0.3, -0.25) is 0 Å². The zero-order chi connectivity index (χ0) is 18.0. The van der Waals surface area contributed by atoms with E-state index in [1.54, 1.807) is 0 Å². The van der Waals surface area contributed by atoms with E-state index < -0.39 is 36.2 Å². The molecule has 0 radical (unpaired) electrons. The fourth-order valence-corrected chi connectivity index (χ4v) is 0. The molecule has 0 unspecified atom stereocenters. The molecule has 0 aliphatic rings. The van der Waals surface area contributed by atoms with E-state index in [0.29, 0.717) is 0 Å². The van der Waals surface area contributed by atoms with Crippen molar-refractivity contribution in [3.05, 3.63) is 0 Å². The van der Waals surface area contributed by atoms with Crippen LogP contribution in [-0.4, -0.2) is 338 Å². The van der Waals surface area contributed by atoms with Gasteiger partial charge in [-0.05, 0) is 0 Å². The Morgan fingerprint density at radius 1 is 0.179 bits per heavy atom. The molecule has 0 atom stereocenters. The van der Waals surface area contributed by atoms with Gasteiger partial charge in [0, 0.05) is 0 Å². The molecule has 0 aliphatic heterocycles. The Kier molecular flexibility index (Phi) is 115. The van der Waals surface area contributed by atoms with E-state index in [1.807, 2.05) is 0 Å². The van der Waals surface area contributed by atoms with Crippen LogP contribution in [0.2, 0.25) is 0 Å². The summed E-state index contributed by atoms with van der Waals surface area (Å²) in [5, 5.41) is 0. The maximum absolute atomic E-state index is 8.58. The van der Waals surface area contributed by atoms with Gasteiger partial charge in [0.25, 0.3) is 0 Å². The molecule has 0 aliphatic carbocycles. The molecule has 128 valence electrons. The first kappa shape index (κ1) is 77.0. The third-order valence-electron chi connectivity index (χ3n) is 0. The van der Waals surface area contributed by atoms with Crippen LogP contribution in [0.3, 0.4) is 0 Å². The summed E-state index contributed by atoms with van der Waals surface area (Å²) in [6.45, 7) is 0. The molecule has 0 saturated heterocycles. The van der Waals surface area contributed by atoms with Crippen molar-refractivity contribution in [1.29, 1.82) is 0 Å². The molecule has 16 nitrogen and oxygen atoms in total. The van der Waals surface area contributed by atoms with Gasteiger partial charge in [-0.1, -0.05) is 0 Å². The first-order valence-corrected chi connectivity index (χ1v) is 9.80. The van der Waals surface area contributed by atoms with Gasteiger partial charge in [-0.15, -0.1) is 0 Å². The van der Waals surface area contributed by atoms with Crippen molar-refractivity contribution >= 4 is 338 Å². The van der Waals surface area contributed by atoms with Crippen LogP contribution in [0.25, 0.3) is 0 Å². The predicted octanol–water partition coefficient (Wildman–Crippen LogP) is -23.6. The van der Waals surface area contributed by atoms with Crippen molar-refractivity contribution in [2.75, 3.05) is 0 Å². The average molecular weight is 689 g/mol. The molecule has 28 heteroatoms. The number of rotatable bonds is 0. The van der Waals surface area contributed by atoms with Gasteiger partial charge in [0.2, 0.25) is 0 Å². The molecule has 0 aromatic rings. The molecule has 0 spiro atoms. The second-order valence-corrected chi connectivity index (χ2v) is 6.00. The Balaban J connectivity index is -0.0000000111. The predicted molar refractivity (Wildman–Crippen MR) is 69.0 cm³/mol. The SMILES string of the molecule is [Ca+2].[Ca+2].[Ca+2].[Ca+2].[Ca+2].[Ca+2].[Ca+2].[Ca+2].[O-][Si]([O-])([O-])[O-].[O-][Si]([O-])([O-])[O-].[O-][Si]([O-])([O-])[O-].[O-][Si]([O-])([O-])[O-]. The minimum Gasteiger partial charge on any atom is -0.894 e. The van der Waals surface area contributed by atoms with Crippen molar-refractivity contribution in [2.45, 2.75) is 0 Å². The minimum atomic E-state index is -5.61. The van der Waals surface area contributed by atoms with Gasteiger partial charge < -0.3 is 113 Å². The fraction of sp³-hybridized carbons (Fsp3) is 0. The molecular formula is Ca8O16Si4. The first-order chi connectivity index (χ1) is 8.00. The average Bonchev–Trinajstić information content (AvgIpc) is 1.62. The summed E-state index contributed by atoms with van der Waals surface area (Å²) >= 11 is 0. The molecule has 0 aromatic carbocycles. The summed E-state index contributed by atoms with van der Waals surface area (Å²) in [6.07, 6.45) is 0. The molecular weight excluding hydrogens is 689 g/mol. The zero-order valence-electron chi connectivity index (χ0n) is 14.2. The second-order valence-electron chi connectivity index (χ2n) is 2.00. The number of hydrogen-bond donors (Lipinski definition) is 0. The first-order valence-electron chi connectivity index (χ1n) is 3.27. The van der Waals surface area contributed by atoms with Crippen LogP contribution in [0.1, 0.15) is 0 Å². The molecule has 0 bridgehead atoms. The molecule has 0 fully saturated rings. The Morgan fingerprint density at radius 3 is 0.179 bits per heavy atom. The topological polar surface area (TPSA) is 369 Å². The summed E-state index contributed by atoms with van der Waals surface area (Å²) in [6, 6.07) is 0. The van der Waals surface area contributed by atoms with E-state index in [4.69, 9.17) is 76.7 Å². The van der Waals surface area contributed by atoms with Crippen LogP contribution in [0.5, 0.6) is 0 Å². The van der Waals surface area contributed by atoms with Gasteiger partial charge in [-0.25, -0.2) is 0 Å². The molecule has 0 N–H and O–H groups in total. The normalized spacial score (nSPS) is 8.57. The standard InChI is InChI=1S/8Ca.4O4Si/c;;;;;;;;4*1-5(2,3)4/q8*+2;4*-4. The molecule has 0 rings (SSSR count). The van der Waals surface area contributed by atoms with E-state index in [9.17, 15) is 0 Å². The van der Waals surface area contributed by atoms with Gasteiger partial charge >= 0.3 is 302 Å². The smallest absolute Gasteiger partial charge is 0.894 e. The van der Waals surface area contributed by atoms with Crippen LogP contribution in [0, 0.1) is 0 Å². The van der Waals surface area contributed by atoms with E-state index in [0.717, 1.165) is 0 Å². The molecule has 28 heavy (non-hydrogen) atoms. The Bertz CT molecular complexity index is 149. The van der Waals surface area contributed by atoms with E-state index in [-0.39, 0.29) is 302 Å². The molecule has 0 aromatic heterocycles. The fourth-order valence-electron chi connectivity index (χ4n) is 0. The third kappa shape index (κ3) is 426. The quantitative estimate of drug-likeness (QED) is 0.213. The molecule has 0 amide bonds. The second kappa shape index (κ2) is 41.8. The third-order valence-corrected chi connectivity index (χ3v) is 0. The van der Waals surface area contributed by atoms with Gasteiger partial charge in [0.15, 0.2) is 0 Å². The van der Waals surface area contributed by atoms with Crippen molar-refractivity contribution in [3.63, 3.8) is 0 Å². The van der Waals surface area contributed by atoms with Crippen molar-refractivity contribution < 1.29 is 76.7 Å². The van der Waals surface area contributed by atoms with Crippen molar-refractivity contribution in [1.82, 2.24) is 0 Å².